The Bertz CT molecular complexity index is 1790. The van der Waals surface area contributed by atoms with Crippen LogP contribution in [0, 0.1) is 0 Å². The maximum Gasteiger partial charge on any atom is 0.408 e. The normalized spacial score (nSPS) is 18.4. The largest absolute Gasteiger partial charge is 0.461 e. The molecular formula is C32H33N3O7. The van der Waals surface area contributed by atoms with Gasteiger partial charge in [0, 0.05) is 27.8 Å². The Morgan fingerprint density at radius 3 is 2.31 bits per heavy atom. The van der Waals surface area contributed by atoms with E-state index in [-0.39, 0.29) is 13.2 Å². The van der Waals surface area contributed by atoms with Crippen LogP contribution in [0.3, 0.4) is 0 Å². The number of carbonyl (C=O) groups excluding carboxylic acids is 1. The highest BCUT2D eigenvalue weighted by atomic mass is 16.7. The summed E-state index contributed by atoms with van der Waals surface area (Å²) in [5.74, 6) is 2.16. The first-order valence-electron chi connectivity index (χ1n) is 14.2. The van der Waals surface area contributed by atoms with Gasteiger partial charge in [0.1, 0.15) is 33.8 Å². The van der Waals surface area contributed by atoms with Crippen LogP contribution in [0.15, 0.2) is 61.9 Å². The van der Waals surface area contributed by atoms with Crippen LogP contribution in [0.5, 0.6) is 0 Å². The smallest absolute Gasteiger partial charge is 0.408 e. The molecule has 1 saturated carbocycles. The highest BCUT2D eigenvalue weighted by Crippen LogP contribution is 2.43. The van der Waals surface area contributed by atoms with Crippen molar-refractivity contribution >= 4 is 28.0 Å². The number of hydrogen-bond donors (Lipinski definition) is 1. The number of nitrogens with zero attached hydrogens (tertiary/aromatic N) is 2. The van der Waals surface area contributed by atoms with E-state index >= 15 is 0 Å². The van der Waals surface area contributed by atoms with Gasteiger partial charge in [0.15, 0.2) is 5.79 Å². The van der Waals surface area contributed by atoms with Crippen molar-refractivity contribution in [2.24, 2.45) is 0 Å². The average molecular weight is 572 g/mol. The van der Waals surface area contributed by atoms with E-state index in [0.29, 0.717) is 29.0 Å². The second-order valence-electron chi connectivity index (χ2n) is 12.6. The van der Waals surface area contributed by atoms with E-state index in [1.54, 1.807) is 0 Å². The number of aromatic nitrogens is 2. The van der Waals surface area contributed by atoms with Crippen molar-refractivity contribution in [3.05, 3.63) is 60.1 Å². The quantitative estimate of drug-likeness (QED) is 0.232. The molecule has 4 heterocycles. The standard InChI is InChI=1S/C32H33N3O7/c1-30(2,3)41-29(36)34-32(16-37-31(4,5)38-17-32)26-15-22-12-19(8-10-24(22)40-26)27-33-28(42-35-27)20-9-11-23-21(13-20)14-25(39-23)18-6-7-18/h8-15,18H,6-7,16-17H2,1-5H3,(H,34,36). The molecule has 2 aliphatic rings. The highest BCUT2D eigenvalue weighted by Gasteiger charge is 2.46. The molecule has 1 aliphatic heterocycles. The molecule has 3 aromatic heterocycles. The van der Waals surface area contributed by atoms with Crippen molar-refractivity contribution < 1.29 is 32.4 Å². The zero-order chi connectivity index (χ0) is 29.3. The van der Waals surface area contributed by atoms with Crippen LogP contribution in [0.2, 0.25) is 0 Å². The van der Waals surface area contributed by atoms with Gasteiger partial charge < -0.3 is 32.9 Å². The summed E-state index contributed by atoms with van der Waals surface area (Å²) >= 11 is 0. The van der Waals surface area contributed by atoms with Gasteiger partial charge in [-0.3, -0.25) is 0 Å². The van der Waals surface area contributed by atoms with E-state index in [0.717, 1.165) is 33.2 Å². The molecule has 10 nitrogen and oxygen atoms in total. The predicted octanol–water partition coefficient (Wildman–Crippen LogP) is 7.28. The fraction of sp³-hybridized carbons (Fsp3) is 0.406. The molecule has 1 aliphatic carbocycles. The molecule has 5 aromatic rings. The van der Waals surface area contributed by atoms with E-state index in [2.05, 4.69) is 21.5 Å². The van der Waals surface area contributed by atoms with Crippen molar-refractivity contribution in [1.82, 2.24) is 15.5 Å². The monoisotopic (exact) mass is 571 g/mol. The number of ether oxygens (including phenoxy) is 3. The molecule has 10 heteroatoms. The van der Waals surface area contributed by atoms with Gasteiger partial charge in [0.2, 0.25) is 5.82 Å². The van der Waals surface area contributed by atoms with Crippen LogP contribution in [-0.2, 0) is 19.7 Å². The minimum atomic E-state index is -1.08. The summed E-state index contributed by atoms with van der Waals surface area (Å²) in [6.07, 6.45) is 1.78. The molecule has 0 radical (unpaired) electrons. The Balaban J connectivity index is 1.17. The first-order chi connectivity index (χ1) is 20.0. The minimum absolute atomic E-state index is 0.142. The first-order valence-corrected chi connectivity index (χ1v) is 14.2. The van der Waals surface area contributed by atoms with Gasteiger partial charge >= 0.3 is 6.09 Å². The van der Waals surface area contributed by atoms with Crippen LogP contribution in [0.25, 0.3) is 44.8 Å². The van der Waals surface area contributed by atoms with E-state index in [1.165, 1.54) is 12.8 Å². The molecule has 42 heavy (non-hydrogen) atoms. The van der Waals surface area contributed by atoms with Crippen molar-refractivity contribution in [3.8, 4) is 22.8 Å². The maximum absolute atomic E-state index is 12.8. The fourth-order valence-corrected chi connectivity index (χ4v) is 5.09. The molecule has 0 spiro atoms. The van der Waals surface area contributed by atoms with E-state index in [1.807, 2.05) is 77.1 Å². The third-order valence-corrected chi connectivity index (χ3v) is 7.51. The zero-order valence-corrected chi connectivity index (χ0v) is 24.3. The molecule has 1 N–H and O–H groups in total. The molecular weight excluding hydrogens is 538 g/mol. The third kappa shape index (κ3) is 5.16. The van der Waals surface area contributed by atoms with Crippen molar-refractivity contribution in [2.75, 3.05) is 13.2 Å². The molecule has 1 saturated heterocycles. The number of nitrogens with one attached hydrogen (secondary N) is 1. The molecule has 0 unspecified atom stereocenters. The summed E-state index contributed by atoms with van der Waals surface area (Å²) in [7, 11) is 0. The van der Waals surface area contributed by atoms with Crippen LogP contribution < -0.4 is 5.32 Å². The second kappa shape index (κ2) is 9.43. The van der Waals surface area contributed by atoms with Gasteiger partial charge in [0.25, 0.3) is 5.89 Å². The number of carbonyl (C=O) groups is 1. The number of rotatable bonds is 5. The SMILES string of the molecule is CC(C)(C)OC(=O)NC1(c2cc3cc(-c4noc(-c5ccc6oc(C7CC7)cc6c5)n4)ccc3o2)COC(C)(C)OC1. The average Bonchev–Trinajstić information content (AvgIpc) is 3.32. The van der Waals surface area contributed by atoms with Crippen LogP contribution in [0.1, 0.15) is 64.9 Å². The Labute approximate surface area is 242 Å². The molecule has 0 bridgehead atoms. The lowest BCUT2D eigenvalue weighted by Gasteiger charge is -2.42. The molecule has 0 atom stereocenters. The lowest BCUT2D eigenvalue weighted by molar-refractivity contribution is -0.274. The number of benzene rings is 2. The molecule has 7 rings (SSSR count). The second-order valence-corrected chi connectivity index (χ2v) is 12.6. The van der Waals surface area contributed by atoms with E-state index in [4.69, 9.17) is 27.6 Å². The zero-order valence-electron chi connectivity index (χ0n) is 24.3. The summed E-state index contributed by atoms with van der Waals surface area (Å²) in [5.41, 5.74) is 1.32. The molecule has 2 aromatic carbocycles. The van der Waals surface area contributed by atoms with E-state index in [9.17, 15) is 4.79 Å². The third-order valence-electron chi connectivity index (χ3n) is 7.51. The number of fused-ring (bicyclic) bond motifs is 2. The van der Waals surface area contributed by atoms with Crippen molar-refractivity contribution in [2.45, 2.75) is 70.3 Å². The summed E-state index contributed by atoms with van der Waals surface area (Å²) in [6, 6.07) is 15.5. The van der Waals surface area contributed by atoms with Crippen LogP contribution >= 0.6 is 0 Å². The summed E-state index contributed by atoms with van der Waals surface area (Å²) in [6.45, 7) is 9.36. The Morgan fingerprint density at radius 1 is 0.929 bits per heavy atom. The maximum atomic E-state index is 12.8. The minimum Gasteiger partial charge on any atom is -0.461 e. The summed E-state index contributed by atoms with van der Waals surface area (Å²) < 4.78 is 35.3. The predicted molar refractivity (Wildman–Crippen MR) is 154 cm³/mol. The number of amides is 1. The highest BCUT2D eigenvalue weighted by molar-refractivity contribution is 5.85. The van der Waals surface area contributed by atoms with Crippen molar-refractivity contribution in [3.63, 3.8) is 0 Å². The van der Waals surface area contributed by atoms with Gasteiger partial charge in [-0.15, -0.1) is 0 Å². The van der Waals surface area contributed by atoms with Crippen LogP contribution in [-0.4, -0.2) is 40.8 Å². The van der Waals surface area contributed by atoms with Crippen molar-refractivity contribution in [1.29, 1.82) is 0 Å². The first kappa shape index (κ1) is 26.7. The van der Waals surface area contributed by atoms with Gasteiger partial charge in [-0.1, -0.05) is 5.16 Å². The fourth-order valence-electron chi connectivity index (χ4n) is 5.09. The number of alkyl carbamates (subject to hydrolysis) is 1. The molecule has 2 fully saturated rings. The summed E-state index contributed by atoms with van der Waals surface area (Å²) in [4.78, 5) is 17.5. The van der Waals surface area contributed by atoms with Gasteiger partial charge in [-0.05, 0) is 96.0 Å². The topological polar surface area (TPSA) is 122 Å². The lowest BCUT2D eigenvalue weighted by atomic mass is 9.96. The summed E-state index contributed by atoms with van der Waals surface area (Å²) in [5, 5.41) is 9.01. The Hall–Kier alpha value is -4.15. The number of hydrogen-bond acceptors (Lipinski definition) is 9. The molecule has 1 amide bonds. The lowest BCUT2D eigenvalue weighted by Crippen LogP contribution is -2.59. The van der Waals surface area contributed by atoms with Crippen LogP contribution in [0.4, 0.5) is 4.79 Å². The van der Waals surface area contributed by atoms with Gasteiger partial charge in [-0.2, -0.15) is 4.98 Å². The Kier molecular flexibility index (Phi) is 6.00. The van der Waals surface area contributed by atoms with Gasteiger partial charge in [-0.25, -0.2) is 4.79 Å². The Morgan fingerprint density at radius 2 is 1.60 bits per heavy atom. The van der Waals surface area contributed by atoms with Gasteiger partial charge in [0.05, 0.1) is 13.2 Å². The van der Waals surface area contributed by atoms with E-state index < -0.39 is 23.0 Å². The number of furan rings is 2. The molecule has 218 valence electrons.